The number of anilines is 1. The van der Waals surface area contributed by atoms with E-state index in [9.17, 15) is 4.79 Å². The number of nitrogens with zero attached hydrogens (tertiary/aromatic N) is 3. The number of pyridine rings is 1. The van der Waals surface area contributed by atoms with Gasteiger partial charge in [-0.2, -0.15) is 0 Å². The molecule has 6 heteroatoms. The molecule has 2 heterocycles. The minimum absolute atomic E-state index is 0.443. The van der Waals surface area contributed by atoms with E-state index in [0.717, 1.165) is 23.4 Å². The van der Waals surface area contributed by atoms with Crippen LogP contribution in [0.3, 0.4) is 0 Å². The van der Waals surface area contributed by atoms with E-state index in [0.29, 0.717) is 18.1 Å². The van der Waals surface area contributed by atoms with E-state index in [4.69, 9.17) is 5.73 Å². The summed E-state index contributed by atoms with van der Waals surface area (Å²) in [5, 5.41) is 3.20. The number of hydrogen-bond acceptors (Lipinski definition) is 5. The molecule has 0 bridgehead atoms. The third kappa shape index (κ3) is 3.92. The van der Waals surface area contributed by atoms with Gasteiger partial charge in [0.15, 0.2) is 0 Å². The first kappa shape index (κ1) is 15.6. The van der Waals surface area contributed by atoms with Gasteiger partial charge in [-0.05, 0) is 30.3 Å². The Morgan fingerprint density at radius 1 is 1.00 bits per heavy atom. The van der Waals surface area contributed by atoms with Crippen molar-refractivity contribution in [3.63, 3.8) is 0 Å². The van der Waals surface area contributed by atoms with Crippen LogP contribution in [0.2, 0.25) is 0 Å². The first-order valence-electron chi connectivity index (χ1n) is 7.59. The van der Waals surface area contributed by atoms with E-state index in [1.807, 2.05) is 36.4 Å². The quantitative estimate of drug-likeness (QED) is 0.727. The van der Waals surface area contributed by atoms with E-state index >= 15 is 0 Å². The highest BCUT2D eigenvalue weighted by atomic mass is 16.1. The van der Waals surface area contributed by atoms with Crippen LogP contribution in [-0.4, -0.2) is 27.4 Å². The molecule has 0 aliphatic rings. The number of carbonyl (C=O) groups is 1. The predicted molar refractivity (Wildman–Crippen MR) is 92.4 cm³/mol. The smallest absolute Gasteiger partial charge is 0.248 e. The maximum Gasteiger partial charge on any atom is 0.248 e. The van der Waals surface area contributed by atoms with Gasteiger partial charge in [-0.25, -0.2) is 9.97 Å². The fourth-order valence-corrected chi connectivity index (χ4v) is 2.26. The molecule has 0 fully saturated rings. The number of primary amides is 1. The Balaban J connectivity index is 1.66. The summed E-state index contributed by atoms with van der Waals surface area (Å²) in [6.07, 6.45) is 4.28. The van der Waals surface area contributed by atoms with Gasteiger partial charge in [0, 0.05) is 42.2 Å². The first-order valence-corrected chi connectivity index (χ1v) is 7.59. The van der Waals surface area contributed by atoms with Gasteiger partial charge in [-0.15, -0.1) is 0 Å². The van der Waals surface area contributed by atoms with Crippen molar-refractivity contribution in [3.8, 4) is 11.3 Å². The Kier molecular flexibility index (Phi) is 4.76. The Bertz CT molecular complexity index is 818. The zero-order valence-corrected chi connectivity index (χ0v) is 13.0. The number of hydrogen-bond donors (Lipinski definition) is 2. The summed E-state index contributed by atoms with van der Waals surface area (Å²) in [6.45, 7) is 0.696. The maximum absolute atomic E-state index is 11.1. The van der Waals surface area contributed by atoms with Crippen LogP contribution < -0.4 is 11.1 Å². The van der Waals surface area contributed by atoms with E-state index in [1.165, 1.54) is 0 Å². The van der Waals surface area contributed by atoms with Crippen molar-refractivity contribution in [2.24, 2.45) is 5.73 Å². The minimum atomic E-state index is -0.443. The summed E-state index contributed by atoms with van der Waals surface area (Å²) < 4.78 is 0. The minimum Gasteiger partial charge on any atom is -0.366 e. The molecule has 0 radical (unpaired) electrons. The third-order valence-corrected chi connectivity index (χ3v) is 3.51. The van der Waals surface area contributed by atoms with Crippen LogP contribution in [0.5, 0.6) is 0 Å². The lowest BCUT2D eigenvalue weighted by molar-refractivity contribution is 0.100. The summed E-state index contributed by atoms with van der Waals surface area (Å²) >= 11 is 0. The number of carbonyl (C=O) groups excluding carboxylic acids is 1. The lowest BCUT2D eigenvalue weighted by atomic mass is 10.1. The maximum atomic E-state index is 11.1. The first-order chi connectivity index (χ1) is 11.7. The molecular weight excluding hydrogens is 302 g/mol. The molecule has 0 aliphatic carbocycles. The SMILES string of the molecule is NC(=O)c1ccc(-c2ccnc(NCCc3ccccn3)n2)cc1. The highest BCUT2D eigenvalue weighted by Crippen LogP contribution is 2.18. The Morgan fingerprint density at radius 3 is 2.54 bits per heavy atom. The number of nitrogens with one attached hydrogen (secondary N) is 1. The number of benzene rings is 1. The summed E-state index contributed by atoms with van der Waals surface area (Å²) in [6, 6.07) is 14.7. The summed E-state index contributed by atoms with van der Waals surface area (Å²) in [5.74, 6) is 0.114. The molecule has 0 unspecified atom stereocenters. The van der Waals surface area contributed by atoms with Crippen LogP contribution in [0.15, 0.2) is 60.9 Å². The lowest BCUT2D eigenvalue weighted by Crippen LogP contribution is -2.10. The van der Waals surface area contributed by atoms with Crippen molar-refractivity contribution in [1.82, 2.24) is 15.0 Å². The Hall–Kier alpha value is -3.28. The molecule has 1 amide bonds. The summed E-state index contributed by atoms with van der Waals surface area (Å²) in [7, 11) is 0. The fraction of sp³-hybridized carbons (Fsp3) is 0.111. The van der Waals surface area contributed by atoms with Gasteiger partial charge in [0.05, 0.1) is 5.69 Å². The molecule has 3 N–H and O–H groups in total. The lowest BCUT2D eigenvalue weighted by Gasteiger charge is -2.07. The molecule has 120 valence electrons. The third-order valence-electron chi connectivity index (χ3n) is 3.51. The monoisotopic (exact) mass is 319 g/mol. The topological polar surface area (TPSA) is 93.8 Å². The van der Waals surface area contributed by atoms with Crippen LogP contribution in [0, 0.1) is 0 Å². The highest BCUT2D eigenvalue weighted by molar-refractivity contribution is 5.93. The number of amides is 1. The molecule has 6 nitrogen and oxygen atoms in total. The number of nitrogens with two attached hydrogens (primary N) is 1. The highest BCUT2D eigenvalue weighted by Gasteiger charge is 2.04. The average molecular weight is 319 g/mol. The largest absolute Gasteiger partial charge is 0.366 e. The molecule has 0 atom stereocenters. The molecule has 0 saturated heterocycles. The fourth-order valence-electron chi connectivity index (χ4n) is 2.26. The van der Waals surface area contributed by atoms with Gasteiger partial charge in [0.25, 0.3) is 0 Å². The second-order valence-corrected chi connectivity index (χ2v) is 5.20. The van der Waals surface area contributed by atoms with Gasteiger partial charge >= 0.3 is 0 Å². The van der Waals surface area contributed by atoms with Crippen molar-refractivity contribution in [2.75, 3.05) is 11.9 Å². The number of rotatable bonds is 6. The molecular formula is C18H17N5O. The van der Waals surface area contributed by atoms with Crippen LogP contribution >= 0.6 is 0 Å². The van der Waals surface area contributed by atoms with E-state index in [1.54, 1.807) is 24.5 Å². The summed E-state index contributed by atoms with van der Waals surface area (Å²) in [5.41, 5.74) is 8.42. The van der Waals surface area contributed by atoms with Crippen LogP contribution in [0.1, 0.15) is 16.1 Å². The molecule has 3 rings (SSSR count). The van der Waals surface area contributed by atoms with Gasteiger partial charge in [-0.3, -0.25) is 9.78 Å². The second kappa shape index (κ2) is 7.32. The molecule has 3 aromatic rings. The zero-order chi connectivity index (χ0) is 16.8. The molecule has 0 aliphatic heterocycles. The van der Waals surface area contributed by atoms with Crippen LogP contribution in [0.4, 0.5) is 5.95 Å². The van der Waals surface area contributed by atoms with E-state index in [2.05, 4.69) is 20.3 Å². The van der Waals surface area contributed by atoms with Gasteiger partial charge < -0.3 is 11.1 Å². The van der Waals surface area contributed by atoms with Crippen molar-refractivity contribution >= 4 is 11.9 Å². The average Bonchev–Trinajstić information content (AvgIpc) is 2.63. The molecule has 24 heavy (non-hydrogen) atoms. The van der Waals surface area contributed by atoms with Crippen molar-refractivity contribution in [1.29, 1.82) is 0 Å². The van der Waals surface area contributed by atoms with Crippen molar-refractivity contribution < 1.29 is 4.79 Å². The normalized spacial score (nSPS) is 10.3. The standard InChI is InChI=1S/C18H17N5O/c19-17(24)14-6-4-13(5-7-14)16-9-12-22-18(23-16)21-11-8-15-3-1-2-10-20-15/h1-7,9-10,12H,8,11H2,(H2,19,24)(H,21,22,23). The zero-order valence-electron chi connectivity index (χ0n) is 13.0. The summed E-state index contributed by atoms with van der Waals surface area (Å²) in [4.78, 5) is 24.1. The van der Waals surface area contributed by atoms with Gasteiger partial charge in [-0.1, -0.05) is 18.2 Å². The van der Waals surface area contributed by atoms with Crippen LogP contribution in [0.25, 0.3) is 11.3 Å². The van der Waals surface area contributed by atoms with Crippen molar-refractivity contribution in [2.45, 2.75) is 6.42 Å². The van der Waals surface area contributed by atoms with Crippen LogP contribution in [-0.2, 0) is 6.42 Å². The molecule has 0 spiro atoms. The van der Waals surface area contributed by atoms with E-state index < -0.39 is 5.91 Å². The van der Waals surface area contributed by atoms with Crippen molar-refractivity contribution in [3.05, 3.63) is 72.2 Å². The Morgan fingerprint density at radius 2 is 1.83 bits per heavy atom. The van der Waals surface area contributed by atoms with Gasteiger partial charge in [0.1, 0.15) is 0 Å². The van der Waals surface area contributed by atoms with Gasteiger partial charge in [0.2, 0.25) is 11.9 Å². The molecule has 1 aromatic carbocycles. The molecule has 2 aromatic heterocycles. The molecule has 0 saturated carbocycles. The predicted octanol–water partition coefficient (Wildman–Crippen LogP) is 2.29. The van der Waals surface area contributed by atoms with E-state index in [-0.39, 0.29) is 0 Å². The number of aromatic nitrogens is 3. The Labute approximate surface area is 139 Å². The second-order valence-electron chi connectivity index (χ2n) is 5.20.